The maximum Gasteiger partial charge on any atom is 0.165 e. The fourth-order valence-electron chi connectivity index (χ4n) is 7.26. The molecule has 0 saturated heterocycles. The highest BCUT2D eigenvalue weighted by molar-refractivity contribution is 6.43. The number of allylic oxidation sites excluding steroid dienone is 2. The Kier molecular flexibility index (Phi) is 5.00. The minimum atomic E-state index is -0.270. The molecule has 0 bridgehead atoms. The van der Waals surface area contributed by atoms with Crippen LogP contribution >= 0.6 is 23.2 Å². The molecule has 0 amide bonds. The monoisotopic (exact) mass is 444 g/mol. The Bertz CT molecular complexity index is 964. The molecule has 3 saturated carbocycles. The third-order valence-corrected chi connectivity index (χ3v) is 9.86. The van der Waals surface area contributed by atoms with Gasteiger partial charge in [-0.2, -0.15) is 0 Å². The van der Waals surface area contributed by atoms with Gasteiger partial charge in [-0.3, -0.25) is 4.79 Å². The molecule has 0 aromatic heterocycles. The van der Waals surface area contributed by atoms with Crippen molar-refractivity contribution in [3.63, 3.8) is 0 Å². The molecule has 4 heteroatoms. The fourth-order valence-corrected chi connectivity index (χ4v) is 7.62. The van der Waals surface area contributed by atoms with E-state index in [1.54, 1.807) is 6.07 Å². The summed E-state index contributed by atoms with van der Waals surface area (Å²) in [6, 6.07) is 5.60. The van der Waals surface area contributed by atoms with Gasteiger partial charge in [0.05, 0.1) is 16.1 Å². The molecule has 0 spiro atoms. The Morgan fingerprint density at radius 3 is 2.63 bits per heavy atom. The van der Waals surface area contributed by atoms with Crippen molar-refractivity contribution >= 4 is 35.1 Å². The van der Waals surface area contributed by atoms with Crippen molar-refractivity contribution in [2.24, 2.45) is 28.6 Å². The van der Waals surface area contributed by atoms with Crippen LogP contribution < -0.4 is 0 Å². The number of fused-ring (bicyclic) bond motifs is 5. The van der Waals surface area contributed by atoms with Gasteiger partial charge < -0.3 is 5.11 Å². The van der Waals surface area contributed by atoms with Gasteiger partial charge in [-0.05, 0) is 91.4 Å². The molecule has 160 valence electrons. The first-order valence-corrected chi connectivity index (χ1v) is 12.1. The van der Waals surface area contributed by atoms with Crippen LogP contribution in [0.1, 0.15) is 64.4 Å². The molecule has 4 aliphatic rings. The number of benzene rings is 1. The molecule has 4 aliphatic carbocycles. The van der Waals surface area contributed by atoms with Crippen molar-refractivity contribution in [1.82, 2.24) is 0 Å². The van der Waals surface area contributed by atoms with E-state index in [-0.39, 0.29) is 16.9 Å². The van der Waals surface area contributed by atoms with Gasteiger partial charge in [0.25, 0.3) is 0 Å². The topological polar surface area (TPSA) is 37.3 Å². The van der Waals surface area contributed by atoms with E-state index >= 15 is 0 Å². The van der Waals surface area contributed by atoms with E-state index in [9.17, 15) is 9.90 Å². The predicted molar refractivity (Wildman–Crippen MR) is 123 cm³/mol. The highest BCUT2D eigenvalue weighted by atomic mass is 35.5. The van der Waals surface area contributed by atoms with Gasteiger partial charge in [-0.1, -0.05) is 60.8 Å². The smallest absolute Gasteiger partial charge is 0.165 e. The van der Waals surface area contributed by atoms with Crippen molar-refractivity contribution < 1.29 is 9.90 Å². The van der Waals surface area contributed by atoms with Crippen LogP contribution in [0.25, 0.3) is 6.08 Å². The first-order chi connectivity index (χ1) is 14.2. The van der Waals surface area contributed by atoms with Gasteiger partial charge in [-0.25, -0.2) is 0 Å². The second-order valence-corrected chi connectivity index (χ2v) is 11.2. The molecule has 3 fully saturated rings. The molecule has 2 nitrogen and oxygen atoms in total. The Balaban J connectivity index is 1.49. The van der Waals surface area contributed by atoms with Crippen LogP contribution in [0.15, 0.2) is 35.4 Å². The summed E-state index contributed by atoms with van der Waals surface area (Å²) in [6.07, 6.45) is 11.0. The van der Waals surface area contributed by atoms with E-state index in [2.05, 4.69) is 19.9 Å². The Hall–Kier alpha value is -1.09. The summed E-state index contributed by atoms with van der Waals surface area (Å²) in [4.78, 5) is 13.5. The number of Topliss-reactive ketones (excluding diaryl/α,β-unsaturated/α-hetero) is 1. The number of hydrogen-bond acceptors (Lipinski definition) is 2. The van der Waals surface area contributed by atoms with Crippen molar-refractivity contribution in [3.05, 3.63) is 51.0 Å². The summed E-state index contributed by atoms with van der Waals surface area (Å²) in [7, 11) is 0. The molecule has 6 atom stereocenters. The summed E-state index contributed by atoms with van der Waals surface area (Å²) in [5.74, 6) is 1.85. The van der Waals surface area contributed by atoms with Crippen molar-refractivity contribution in [2.45, 2.75) is 64.9 Å². The molecule has 1 aromatic carbocycles. The van der Waals surface area contributed by atoms with Gasteiger partial charge in [0.1, 0.15) is 0 Å². The van der Waals surface area contributed by atoms with Gasteiger partial charge in [0.15, 0.2) is 5.78 Å². The minimum absolute atomic E-state index is 0.181. The summed E-state index contributed by atoms with van der Waals surface area (Å²) in [5.41, 5.74) is 3.14. The molecule has 1 aromatic rings. The summed E-state index contributed by atoms with van der Waals surface area (Å²) in [6.45, 7) is 4.62. The van der Waals surface area contributed by atoms with Crippen molar-refractivity contribution in [1.29, 1.82) is 0 Å². The number of carbonyl (C=O) groups is 1. The Morgan fingerprint density at radius 1 is 1.07 bits per heavy atom. The van der Waals surface area contributed by atoms with Crippen LogP contribution in [0.3, 0.4) is 0 Å². The molecule has 0 unspecified atom stereocenters. The van der Waals surface area contributed by atoms with E-state index in [1.165, 1.54) is 5.57 Å². The molecule has 1 N–H and O–H groups in total. The second-order valence-electron chi connectivity index (χ2n) is 10.5. The lowest BCUT2D eigenvalue weighted by atomic mass is 9.48. The zero-order chi connectivity index (χ0) is 21.3. The van der Waals surface area contributed by atoms with E-state index in [4.69, 9.17) is 23.2 Å². The van der Waals surface area contributed by atoms with E-state index in [0.29, 0.717) is 33.6 Å². The van der Waals surface area contributed by atoms with Gasteiger partial charge in [-0.15, -0.1) is 0 Å². The molecule has 0 heterocycles. The van der Waals surface area contributed by atoms with Crippen LogP contribution in [0, 0.1) is 28.6 Å². The number of aliphatic hydroxyl groups is 1. The molecular weight excluding hydrogens is 415 g/mol. The third kappa shape index (κ3) is 2.98. The number of ketones is 1. The van der Waals surface area contributed by atoms with Gasteiger partial charge >= 0.3 is 0 Å². The number of rotatable bonds is 1. The van der Waals surface area contributed by atoms with E-state index < -0.39 is 0 Å². The molecular formula is C26H30Cl2O2. The van der Waals surface area contributed by atoms with Crippen LogP contribution in [0.4, 0.5) is 0 Å². The van der Waals surface area contributed by atoms with Crippen LogP contribution in [-0.2, 0) is 4.79 Å². The maximum atomic E-state index is 13.5. The standard InChI is InChI=1S/C26H30Cl2O2/c1-25-10-8-18(29)14-17(25)6-7-19-20(25)9-11-26(2)21(19)13-16(24(26)30)12-15-4-3-5-22(27)23(15)28/h3-6,12,18-21,29H,7-11,13-14H2,1-2H3/b16-12+/t18-,19+,20-,21-,25+,26+/m1/s1. The molecule has 30 heavy (non-hydrogen) atoms. The normalized spacial score (nSPS) is 41.8. The number of halogens is 2. The van der Waals surface area contributed by atoms with Crippen molar-refractivity contribution in [3.8, 4) is 0 Å². The number of hydrogen-bond donors (Lipinski definition) is 1. The number of aliphatic hydroxyl groups excluding tert-OH is 1. The average Bonchev–Trinajstić information content (AvgIpc) is 2.97. The molecule has 0 aliphatic heterocycles. The first kappa shape index (κ1) is 20.8. The quantitative estimate of drug-likeness (QED) is 0.378. The van der Waals surface area contributed by atoms with E-state index in [0.717, 1.165) is 56.1 Å². The molecule has 0 radical (unpaired) electrons. The van der Waals surface area contributed by atoms with Crippen LogP contribution in [-0.4, -0.2) is 17.0 Å². The van der Waals surface area contributed by atoms with Gasteiger partial charge in [0.2, 0.25) is 0 Å². The van der Waals surface area contributed by atoms with Crippen LogP contribution in [0.5, 0.6) is 0 Å². The second kappa shape index (κ2) is 7.22. The third-order valence-electron chi connectivity index (χ3n) is 9.03. The Morgan fingerprint density at radius 2 is 1.83 bits per heavy atom. The minimum Gasteiger partial charge on any atom is -0.393 e. The lowest BCUT2D eigenvalue weighted by Crippen LogP contribution is -2.50. The summed E-state index contributed by atoms with van der Waals surface area (Å²) >= 11 is 12.6. The largest absolute Gasteiger partial charge is 0.393 e. The van der Waals surface area contributed by atoms with Crippen molar-refractivity contribution in [2.75, 3.05) is 0 Å². The number of carbonyl (C=O) groups excluding carboxylic acids is 1. The highest BCUT2D eigenvalue weighted by Crippen LogP contribution is 2.64. The Labute approximate surface area is 189 Å². The zero-order valence-electron chi connectivity index (χ0n) is 17.8. The predicted octanol–water partition coefficient (Wildman–Crippen LogP) is 6.88. The zero-order valence-corrected chi connectivity index (χ0v) is 19.3. The van der Waals surface area contributed by atoms with E-state index in [1.807, 2.05) is 18.2 Å². The fraction of sp³-hybridized carbons (Fsp3) is 0.577. The molecule has 5 rings (SSSR count). The lowest BCUT2D eigenvalue weighted by molar-refractivity contribution is -0.130. The summed E-state index contributed by atoms with van der Waals surface area (Å²) < 4.78 is 0. The first-order valence-electron chi connectivity index (χ1n) is 11.3. The highest BCUT2D eigenvalue weighted by Gasteiger charge is 2.59. The maximum absolute atomic E-state index is 13.5. The summed E-state index contributed by atoms with van der Waals surface area (Å²) in [5, 5.41) is 11.2. The van der Waals surface area contributed by atoms with Crippen LogP contribution in [0.2, 0.25) is 10.0 Å². The SMILES string of the molecule is C[C@]12CC[C@@H](O)CC1=CC[C@H]1[C@H]2CC[C@]2(C)C(=O)/C(=C/c3cccc(Cl)c3Cl)C[C@H]12. The lowest BCUT2D eigenvalue weighted by Gasteiger charge is -2.56. The average molecular weight is 445 g/mol. The van der Waals surface area contributed by atoms with Gasteiger partial charge in [0, 0.05) is 5.41 Å².